The van der Waals surface area contributed by atoms with Gasteiger partial charge in [0.15, 0.2) is 5.82 Å². The Morgan fingerprint density at radius 2 is 1.92 bits per heavy atom. The largest absolute Gasteiger partial charge is 0.325 e. The number of H-pyrrole nitrogens is 1. The minimum Gasteiger partial charge on any atom is -0.325 e. The lowest BCUT2D eigenvalue weighted by Gasteiger charge is -2.14. The number of aromatic amines is 1. The van der Waals surface area contributed by atoms with Gasteiger partial charge in [-0.2, -0.15) is 5.21 Å². The second-order valence-electron chi connectivity index (χ2n) is 5.94. The number of hydrogen-bond acceptors (Lipinski definition) is 4. The molecule has 0 radical (unpaired) electrons. The highest BCUT2D eigenvalue weighted by Crippen LogP contribution is 2.21. The Morgan fingerprint density at radius 3 is 2.56 bits per heavy atom. The van der Waals surface area contributed by atoms with E-state index in [1.807, 2.05) is 32.0 Å². The number of amides is 1. The number of tetrazole rings is 1. The summed E-state index contributed by atoms with van der Waals surface area (Å²) in [5.41, 5.74) is 3.76. The van der Waals surface area contributed by atoms with Gasteiger partial charge in [0, 0.05) is 5.69 Å². The Morgan fingerprint density at radius 1 is 1.16 bits per heavy atom. The summed E-state index contributed by atoms with van der Waals surface area (Å²) in [5.74, 6) is -0.898. The van der Waals surface area contributed by atoms with Crippen molar-refractivity contribution in [2.45, 2.75) is 26.2 Å². The number of anilines is 1. The summed E-state index contributed by atoms with van der Waals surface area (Å²) in [7, 11) is 0. The van der Waals surface area contributed by atoms with Crippen molar-refractivity contribution >= 4 is 11.6 Å². The van der Waals surface area contributed by atoms with Crippen molar-refractivity contribution in [2.75, 3.05) is 5.32 Å². The molecule has 1 unspecified atom stereocenters. The van der Waals surface area contributed by atoms with Gasteiger partial charge in [0.25, 0.3) is 0 Å². The van der Waals surface area contributed by atoms with Crippen LogP contribution in [0.1, 0.15) is 28.4 Å². The standard InChI is InChI=1S/C18H18FN5O/c1-11-3-8-15(9-12(11)2)20-18(25)16(17-21-23-24-22-17)10-13-4-6-14(19)7-5-13/h3-9,16H,10H2,1-2H3,(H,20,25)(H,21,22,23,24). The van der Waals surface area contributed by atoms with E-state index < -0.39 is 5.92 Å². The lowest BCUT2D eigenvalue weighted by atomic mass is 9.97. The highest BCUT2D eigenvalue weighted by atomic mass is 19.1. The molecule has 1 aromatic heterocycles. The number of carbonyl (C=O) groups is 1. The Balaban J connectivity index is 1.82. The molecule has 0 aliphatic heterocycles. The van der Waals surface area contributed by atoms with Crippen molar-refractivity contribution in [3.63, 3.8) is 0 Å². The van der Waals surface area contributed by atoms with Gasteiger partial charge in [0.05, 0.1) is 0 Å². The molecule has 7 heteroatoms. The van der Waals surface area contributed by atoms with Crippen molar-refractivity contribution in [1.82, 2.24) is 20.6 Å². The highest BCUT2D eigenvalue weighted by molar-refractivity contribution is 5.95. The molecule has 0 fully saturated rings. The van der Waals surface area contributed by atoms with Crippen LogP contribution in [0.4, 0.5) is 10.1 Å². The van der Waals surface area contributed by atoms with Crippen LogP contribution in [-0.2, 0) is 11.2 Å². The summed E-state index contributed by atoms with van der Waals surface area (Å²) in [6.45, 7) is 4.00. The Labute approximate surface area is 144 Å². The summed E-state index contributed by atoms with van der Waals surface area (Å²) in [6.07, 6.45) is 0.344. The van der Waals surface area contributed by atoms with E-state index in [0.717, 1.165) is 16.7 Å². The maximum atomic E-state index is 13.1. The van der Waals surface area contributed by atoms with Gasteiger partial charge in [-0.15, -0.1) is 10.2 Å². The van der Waals surface area contributed by atoms with Crippen molar-refractivity contribution in [3.05, 3.63) is 70.8 Å². The lowest BCUT2D eigenvalue weighted by Crippen LogP contribution is -2.24. The van der Waals surface area contributed by atoms with Gasteiger partial charge in [0.2, 0.25) is 5.91 Å². The topological polar surface area (TPSA) is 83.6 Å². The minimum atomic E-state index is -0.633. The number of halogens is 1. The van der Waals surface area contributed by atoms with Crippen LogP contribution in [0.2, 0.25) is 0 Å². The van der Waals surface area contributed by atoms with E-state index in [1.54, 1.807) is 12.1 Å². The second kappa shape index (κ2) is 7.21. The molecule has 128 valence electrons. The Bertz CT molecular complexity index is 862. The van der Waals surface area contributed by atoms with Gasteiger partial charge in [-0.1, -0.05) is 23.4 Å². The molecule has 0 bridgehead atoms. The monoisotopic (exact) mass is 339 g/mol. The van der Waals surface area contributed by atoms with Gasteiger partial charge in [-0.25, -0.2) is 4.39 Å². The molecule has 0 saturated heterocycles. The first-order valence-electron chi connectivity index (χ1n) is 7.89. The first-order chi connectivity index (χ1) is 12.0. The van der Waals surface area contributed by atoms with Gasteiger partial charge in [-0.3, -0.25) is 4.79 Å². The van der Waals surface area contributed by atoms with E-state index in [9.17, 15) is 9.18 Å². The third-order valence-electron chi connectivity index (χ3n) is 4.12. The predicted octanol–water partition coefficient (Wildman–Crippen LogP) is 2.92. The number of aryl methyl sites for hydroxylation is 2. The fourth-order valence-corrected chi connectivity index (χ4v) is 2.52. The van der Waals surface area contributed by atoms with E-state index in [4.69, 9.17) is 0 Å². The molecule has 1 heterocycles. The number of aromatic nitrogens is 4. The molecular formula is C18H18FN5O. The van der Waals surface area contributed by atoms with Gasteiger partial charge >= 0.3 is 0 Å². The van der Waals surface area contributed by atoms with Crippen LogP contribution in [0.5, 0.6) is 0 Å². The zero-order chi connectivity index (χ0) is 17.8. The van der Waals surface area contributed by atoms with E-state index in [1.165, 1.54) is 12.1 Å². The molecular weight excluding hydrogens is 321 g/mol. The zero-order valence-corrected chi connectivity index (χ0v) is 14.0. The fourth-order valence-electron chi connectivity index (χ4n) is 2.52. The van der Waals surface area contributed by atoms with Gasteiger partial charge in [0.1, 0.15) is 11.7 Å². The van der Waals surface area contributed by atoms with Crippen LogP contribution in [0, 0.1) is 19.7 Å². The smallest absolute Gasteiger partial charge is 0.235 e. The minimum absolute atomic E-state index is 0.242. The van der Waals surface area contributed by atoms with Crippen LogP contribution < -0.4 is 5.32 Å². The van der Waals surface area contributed by atoms with Crippen LogP contribution >= 0.6 is 0 Å². The van der Waals surface area contributed by atoms with E-state index in [-0.39, 0.29) is 11.7 Å². The second-order valence-corrected chi connectivity index (χ2v) is 5.94. The van der Waals surface area contributed by atoms with Crippen LogP contribution in [0.3, 0.4) is 0 Å². The molecule has 3 rings (SSSR count). The molecule has 0 spiro atoms. The number of rotatable bonds is 5. The van der Waals surface area contributed by atoms with E-state index >= 15 is 0 Å². The maximum absolute atomic E-state index is 13.1. The number of carbonyl (C=O) groups excluding carboxylic acids is 1. The highest BCUT2D eigenvalue weighted by Gasteiger charge is 2.25. The van der Waals surface area contributed by atoms with Crippen molar-refractivity contribution in [3.8, 4) is 0 Å². The summed E-state index contributed by atoms with van der Waals surface area (Å²) in [6, 6.07) is 11.7. The fraction of sp³-hybridized carbons (Fsp3) is 0.222. The number of nitrogens with one attached hydrogen (secondary N) is 2. The SMILES string of the molecule is Cc1ccc(NC(=O)C(Cc2ccc(F)cc2)c2nn[nH]n2)cc1C. The molecule has 0 saturated carbocycles. The molecule has 0 aliphatic rings. The van der Waals surface area contributed by atoms with Crippen LogP contribution in [-0.4, -0.2) is 26.5 Å². The van der Waals surface area contributed by atoms with Gasteiger partial charge in [-0.05, 0) is 61.2 Å². The molecule has 6 nitrogen and oxygen atoms in total. The summed E-state index contributed by atoms with van der Waals surface area (Å²) in [5, 5.41) is 16.7. The molecule has 1 amide bonds. The average Bonchev–Trinajstić information content (AvgIpc) is 3.12. The molecule has 2 N–H and O–H groups in total. The van der Waals surface area contributed by atoms with Gasteiger partial charge < -0.3 is 5.32 Å². The van der Waals surface area contributed by atoms with Crippen LogP contribution in [0.15, 0.2) is 42.5 Å². The van der Waals surface area contributed by atoms with Crippen LogP contribution in [0.25, 0.3) is 0 Å². The number of nitrogens with zero attached hydrogens (tertiary/aromatic N) is 3. The predicted molar refractivity (Wildman–Crippen MR) is 91.6 cm³/mol. The Hall–Kier alpha value is -3.09. The third kappa shape index (κ3) is 4.06. The molecule has 0 aliphatic carbocycles. The average molecular weight is 339 g/mol. The van der Waals surface area contributed by atoms with Crippen molar-refractivity contribution < 1.29 is 9.18 Å². The zero-order valence-electron chi connectivity index (χ0n) is 14.0. The Kier molecular flexibility index (Phi) is 4.83. The molecule has 2 aromatic carbocycles. The molecule has 1 atom stereocenters. The summed E-state index contributed by atoms with van der Waals surface area (Å²) >= 11 is 0. The first kappa shape index (κ1) is 16.8. The molecule has 3 aromatic rings. The van der Waals surface area contributed by atoms with E-state index in [0.29, 0.717) is 17.9 Å². The number of benzene rings is 2. The van der Waals surface area contributed by atoms with Crippen molar-refractivity contribution in [2.24, 2.45) is 0 Å². The normalized spacial score (nSPS) is 12.0. The van der Waals surface area contributed by atoms with E-state index in [2.05, 4.69) is 25.9 Å². The maximum Gasteiger partial charge on any atom is 0.235 e. The quantitative estimate of drug-likeness (QED) is 0.749. The summed E-state index contributed by atoms with van der Waals surface area (Å²) < 4.78 is 13.1. The number of hydrogen-bond donors (Lipinski definition) is 2. The lowest BCUT2D eigenvalue weighted by molar-refractivity contribution is -0.117. The first-order valence-corrected chi connectivity index (χ1v) is 7.89. The molecule has 25 heavy (non-hydrogen) atoms. The van der Waals surface area contributed by atoms with Crippen molar-refractivity contribution in [1.29, 1.82) is 0 Å². The summed E-state index contributed by atoms with van der Waals surface area (Å²) in [4.78, 5) is 12.8. The third-order valence-corrected chi connectivity index (χ3v) is 4.12.